The first-order valence-electron chi connectivity index (χ1n) is 13.1. The minimum absolute atomic E-state index is 0.127. The van der Waals surface area contributed by atoms with Gasteiger partial charge in [0.1, 0.15) is 10.9 Å². The van der Waals surface area contributed by atoms with Gasteiger partial charge in [0, 0.05) is 25.3 Å². The Balaban J connectivity index is 1.53. The third kappa shape index (κ3) is 5.10. The number of carbonyl (C=O) groups excluding carboxylic acids is 1. The minimum Gasteiger partial charge on any atom is -0.480 e. The SMILES string of the molecule is CN(C)c1cc2c(cc1-c1ccc3cc(/C=C4\SC(=S)N(CC(=O)O)C4=O)ccc3c1)C(C)(C)CCC2(C)C. The van der Waals surface area contributed by atoms with Gasteiger partial charge in [-0.3, -0.25) is 14.5 Å². The number of hydrogen-bond acceptors (Lipinski definition) is 5. The van der Waals surface area contributed by atoms with Crippen molar-refractivity contribution in [3.05, 3.63) is 70.1 Å². The van der Waals surface area contributed by atoms with Crippen LogP contribution < -0.4 is 4.90 Å². The zero-order valence-electron chi connectivity index (χ0n) is 23.3. The quantitative estimate of drug-likeness (QED) is 0.264. The summed E-state index contributed by atoms with van der Waals surface area (Å²) in [6.07, 6.45) is 4.14. The van der Waals surface area contributed by atoms with Crippen molar-refractivity contribution in [1.82, 2.24) is 4.90 Å². The molecule has 1 amide bonds. The summed E-state index contributed by atoms with van der Waals surface area (Å²) in [5.74, 6) is -1.45. The molecule has 3 aromatic rings. The Labute approximate surface area is 239 Å². The number of carbonyl (C=O) groups is 2. The molecular formula is C32H34N2O3S2. The van der Waals surface area contributed by atoms with Crippen molar-refractivity contribution in [2.45, 2.75) is 51.4 Å². The number of thiocarbonyl (C=S) groups is 1. The van der Waals surface area contributed by atoms with Crippen molar-refractivity contribution in [3.8, 4) is 11.1 Å². The summed E-state index contributed by atoms with van der Waals surface area (Å²) in [5.41, 5.74) is 7.67. The molecule has 2 aliphatic rings. The lowest BCUT2D eigenvalue weighted by Crippen LogP contribution is -2.34. The topological polar surface area (TPSA) is 60.9 Å². The second-order valence-corrected chi connectivity index (χ2v) is 13.7. The lowest BCUT2D eigenvalue weighted by atomic mass is 9.62. The summed E-state index contributed by atoms with van der Waals surface area (Å²) in [5, 5.41) is 11.3. The van der Waals surface area contributed by atoms with E-state index in [1.807, 2.05) is 12.1 Å². The zero-order chi connectivity index (χ0) is 28.3. The number of fused-ring (bicyclic) bond motifs is 2. The number of thioether (sulfide) groups is 1. The summed E-state index contributed by atoms with van der Waals surface area (Å²) < 4.78 is 0.271. The van der Waals surface area contributed by atoms with Crippen LogP contribution in [0.15, 0.2) is 53.4 Å². The van der Waals surface area contributed by atoms with E-state index in [1.54, 1.807) is 6.08 Å². The number of anilines is 1. The fourth-order valence-electron chi connectivity index (χ4n) is 5.65. The van der Waals surface area contributed by atoms with E-state index >= 15 is 0 Å². The second kappa shape index (κ2) is 9.79. The number of carboxylic acid groups (broad SMARTS) is 1. The standard InChI is InChI=1S/C32H34N2O3S2/c1-31(2)11-12-32(3,4)25-17-26(33(5)6)23(16-24(25)31)22-10-9-20-13-19(7-8-21(20)15-22)14-27-29(37)34(18-28(35)36)30(38)39-27/h7-10,13-17H,11-12,18H2,1-6H3,(H,35,36)/b27-14-. The highest BCUT2D eigenvalue weighted by atomic mass is 32.2. The van der Waals surface area contributed by atoms with Crippen molar-refractivity contribution >= 4 is 62.7 Å². The van der Waals surface area contributed by atoms with Gasteiger partial charge in [-0.15, -0.1) is 0 Å². The van der Waals surface area contributed by atoms with Gasteiger partial charge >= 0.3 is 5.97 Å². The summed E-state index contributed by atoms with van der Waals surface area (Å²) >= 11 is 6.36. The highest BCUT2D eigenvalue weighted by molar-refractivity contribution is 8.26. The Morgan fingerprint density at radius 2 is 1.62 bits per heavy atom. The summed E-state index contributed by atoms with van der Waals surface area (Å²) in [4.78, 5) is 27.5. The van der Waals surface area contributed by atoms with E-state index < -0.39 is 12.5 Å². The third-order valence-electron chi connectivity index (χ3n) is 8.09. The molecule has 0 unspecified atom stereocenters. The number of aliphatic carboxylic acids is 1. The van der Waals surface area contributed by atoms with Crippen LogP contribution in [0.25, 0.3) is 28.0 Å². The smallest absolute Gasteiger partial charge is 0.323 e. The van der Waals surface area contributed by atoms with Crippen LogP contribution in [0.1, 0.15) is 57.2 Å². The van der Waals surface area contributed by atoms with Gasteiger partial charge in [-0.1, -0.05) is 75.9 Å². The van der Waals surface area contributed by atoms with E-state index in [1.165, 1.54) is 40.8 Å². The van der Waals surface area contributed by atoms with Crippen LogP contribution in [0.4, 0.5) is 5.69 Å². The molecule has 1 aliphatic carbocycles. The van der Waals surface area contributed by atoms with Gasteiger partial charge in [0.25, 0.3) is 5.91 Å². The second-order valence-electron chi connectivity index (χ2n) is 12.1. The molecular weight excluding hydrogens is 524 g/mol. The minimum atomic E-state index is -1.09. The highest BCUT2D eigenvalue weighted by Crippen LogP contribution is 2.49. The fourth-order valence-corrected chi connectivity index (χ4v) is 6.90. The predicted molar refractivity (Wildman–Crippen MR) is 167 cm³/mol. The Bertz CT molecular complexity index is 1570. The van der Waals surface area contributed by atoms with E-state index in [0.29, 0.717) is 4.91 Å². The van der Waals surface area contributed by atoms with Gasteiger partial charge in [0.2, 0.25) is 0 Å². The Morgan fingerprint density at radius 3 is 2.26 bits per heavy atom. The van der Waals surface area contributed by atoms with Crippen molar-refractivity contribution in [1.29, 1.82) is 0 Å². The summed E-state index contributed by atoms with van der Waals surface area (Å²) in [7, 11) is 4.22. The van der Waals surface area contributed by atoms with Crippen LogP contribution >= 0.6 is 24.0 Å². The molecule has 3 aromatic carbocycles. The third-order valence-corrected chi connectivity index (χ3v) is 9.47. The van der Waals surface area contributed by atoms with Gasteiger partial charge < -0.3 is 10.0 Å². The van der Waals surface area contributed by atoms with Crippen molar-refractivity contribution in [2.75, 3.05) is 25.5 Å². The summed E-state index contributed by atoms with van der Waals surface area (Å²) in [6.45, 7) is 9.01. The average molecular weight is 559 g/mol. The molecule has 0 saturated carbocycles. The van der Waals surface area contributed by atoms with Crippen molar-refractivity contribution in [2.24, 2.45) is 0 Å². The molecule has 0 spiro atoms. The molecule has 1 N–H and O–H groups in total. The highest BCUT2D eigenvalue weighted by Gasteiger charge is 2.38. The zero-order valence-corrected chi connectivity index (χ0v) is 24.9. The van der Waals surface area contributed by atoms with E-state index in [4.69, 9.17) is 17.3 Å². The maximum Gasteiger partial charge on any atom is 0.323 e. The number of rotatable bonds is 5. The molecule has 202 valence electrons. The molecule has 0 aromatic heterocycles. The Morgan fingerprint density at radius 1 is 1.00 bits per heavy atom. The first kappa shape index (κ1) is 27.4. The molecule has 5 nitrogen and oxygen atoms in total. The molecule has 5 rings (SSSR count). The lowest BCUT2D eigenvalue weighted by Gasteiger charge is -2.43. The number of carboxylic acids is 1. The van der Waals surface area contributed by atoms with Crippen LogP contribution in [0.5, 0.6) is 0 Å². The lowest BCUT2D eigenvalue weighted by molar-refractivity contribution is -0.140. The maximum absolute atomic E-state index is 12.7. The molecule has 1 saturated heterocycles. The van der Waals surface area contributed by atoms with Crippen LogP contribution in [-0.2, 0) is 20.4 Å². The van der Waals surface area contributed by atoms with E-state index in [-0.39, 0.29) is 21.1 Å². The Kier molecular flexibility index (Phi) is 6.88. The molecule has 1 aliphatic heterocycles. The van der Waals surface area contributed by atoms with Crippen molar-refractivity contribution < 1.29 is 14.7 Å². The molecule has 1 fully saturated rings. The first-order valence-corrected chi connectivity index (χ1v) is 14.4. The maximum atomic E-state index is 12.7. The first-order chi connectivity index (χ1) is 18.3. The number of nitrogens with zero attached hydrogens (tertiary/aromatic N) is 2. The molecule has 0 bridgehead atoms. The van der Waals surface area contributed by atoms with E-state index in [0.717, 1.165) is 33.0 Å². The van der Waals surface area contributed by atoms with Crippen LogP contribution in [0.2, 0.25) is 0 Å². The fraction of sp³-hybridized carbons (Fsp3) is 0.344. The number of hydrogen-bond donors (Lipinski definition) is 1. The molecule has 39 heavy (non-hydrogen) atoms. The monoisotopic (exact) mass is 558 g/mol. The van der Waals surface area contributed by atoms with Gasteiger partial charge in [0.15, 0.2) is 0 Å². The average Bonchev–Trinajstić information content (AvgIpc) is 3.12. The molecule has 0 radical (unpaired) electrons. The summed E-state index contributed by atoms with van der Waals surface area (Å²) in [6, 6.07) is 17.5. The van der Waals surface area contributed by atoms with Crippen molar-refractivity contribution in [3.63, 3.8) is 0 Å². The largest absolute Gasteiger partial charge is 0.480 e. The van der Waals surface area contributed by atoms with Gasteiger partial charge in [-0.25, -0.2) is 0 Å². The Hall–Kier alpha value is -3.16. The molecule has 7 heteroatoms. The van der Waals surface area contributed by atoms with Gasteiger partial charge in [0.05, 0.1) is 4.91 Å². The van der Waals surface area contributed by atoms with Crippen LogP contribution in [0, 0.1) is 0 Å². The van der Waals surface area contributed by atoms with Gasteiger partial charge in [-0.05, 0) is 87.0 Å². The van der Waals surface area contributed by atoms with Gasteiger partial charge in [-0.2, -0.15) is 0 Å². The normalized spacial score (nSPS) is 19.0. The molecule has 1 heterocycles. The number of amides is 1. The molecule has 0 atom stereocenters. The number of benzene rings is 3. The predicted octanol–water partition coefficient (Wildman–Crippen LogP) is 7.21. The van der Waals surface area contributed by atoms with Crippen LogP contribution in [-0.4, -0.2) is 46.8 Å². The van der Waals surface area contributed by atoms with E-state index in [2.05, 4.69) is 83.1 Å². The van der Waals surface area contributed by atoms with Crippen LogP contribution in [0.3, 0.4) is 0 Å². The van der Waals surface area contributed by atoms with E-state index in [9.17, 15) is 9.59 Å².